The van der Waals surface area contributed by atoms with Crippen molar-refractivity contribution in [1.82, 2.24) is 10.2 Å². The van der Waals surface area contributed by atoms with Gasteiger partial charge in [0.25, 0.3) is 5.91 Å². The molecule has 0 aromatic heterocycles. The molecule has 0 bridgehead atoms. The predicted molar refractivity (Wildman–Crippen MR) is 83.5 cm³/mol. The van der Waals surface area contributed by atoms with Gasteiger partial charge in [-0.25, -0.2) is 4.79 Å². The van der Waals surface area contributed by atoms with Crippen LogP contribution in [0, 0.1) is 5.92 Å². The molecule has 1 aromatic rings. The first-order chi connectivity index (χ1) is 10.3. The number of carbonyl (C=O) groups excluding carboxylic acids is 3. The summed E-state index contributed by atoms with van der Waals surface area (Å²) >= 11 is 0. The van der Waals surface area contributed by atoms with Gasteiger partial charge in [0.1, 0.15) is 5.54 Å². The maximum Gasteiger partial charge on any atom is 0.325 e. The minimum Gasteiger partial charge on any atom is -0.323 e. The maximum atomic E-state index is 12.5. The number of hydrogen-bond donors (Lipinski definition) is 1. The summed E-state index contributed by atoms with van der Waals surface area (Å²) in [5.74, 6) is -0.110. The summed E-state index contributed by atoms with van der Waals surface area (Å²) in [6.07, 6.45) is 1.41. The summed E-state index contributed by atoms with van der Waals surface area (Å²) in [4.78, 5) is 37.8. The van der Waals surface area contributed by atoms with Gasteiger partial charge in [-0.05, 0) is 25.7 Å². The zero-order chi connectivity index (χ0) is 16.3. The van der Waals surface area contributed by atoms with Crippen molar-refractivity contribution in [2.45, 2.75) is 39.2 Å². The van der Waals surface area contributed by atoms with Crippen molar-refractivity contribution in [3.63, 3.8) is 0 Å². The van der Waals surface area contributed by atoms with Crippen molar-refractivity contribution in [2.75, 3.05) is 6.54 Å². The van der Waals surface area contributed by atoms with Crippen molar-refractivity contribution < 1.29 is 14.4 Å². The van der Waals surface area contributed by atoms with Crippen molar-refractivity contribution in [1.29, 1.82) is 0 Å². The molecule has 0 unspecified atom stereocenters. The molecule has 1 aromatic carbocycles. The van der Waals surface area contributed by atoms with Crippen LogP contribution in [0.15, 0.2) is 30.3 Å². The molecule has 1 aliphatic heterocycles. The molecule has 3 amide bonds. The Hall–Kier alpha value is -2.17. The zero-order valence-electron chi connectivity index (χ0n) is 13.3. The highest BCUT2D eigenvalue weighted by molar-refractivity contribution is 6.10. The van der Waals surface area contributed by atoms with Crippen LogP contribution in [0.1, 0.15) is 44.0 Å². The predicted octanol–water partition coefficient (Wildman–Crippen LogP) is 2.62. The normalized spacial score (nSPS) is 21.4. The third-order valence-corrected chi connectivity index (χ3v) is 3.96. The molecule has 1 N–H and O–H groups in total. The second-order valence-electron chi connectivity index (χ2n) is 6.38. The molecular weight excluding hydrogens is 280 g/mol. The molecule has 0 spiro atoms. The summed E-state index contributed by atoms with van der Waals surface area (Å²) in [7, 11) is 0. The number of ketones is 1. The van der Waals surface area contributed by atoms with E-state index < -0.39 is 11.6 Å². The molecule has 1 saturated heterocycles. The quantitative estimate of drug-likeness (QED) is 0.649. The van der Waals surface area contributed by atoms with Gasteiger partial charge in [0.15, 0.2) is 5.78 Å². The lowest BCUT2D eigenvalue weighted by Crippen LogP contribution is -2.44. The Balaban J connectivity index is 2.07. The molecule has 1 fully saturated rings. The van der Waals surface area contributed by atoms with Crippen molar-refractivity contribution >= 4 is 17.7 Å². The summed E-state index contributed by atoms with van der Waals surface area (Å²) in [5, 5.41) is 2.73. The first-order valence-electron chi connectivity index (χ1n) is 7.56. The van der Waals surface area contributed by atoms with E-state index in [1.165, 1.54) is 0 Å². The van der Waals surface area contributed by atoms with E-state index in [0.29, 0.717) is 17.9 Å². The maximum absolute atomic E-state index is 12.5. The van der Waals surface area contributed by atoms with Crippen LogP contribution in [0.25, 0.3) is 0 Å². The van der Waals surface area contributed by atoms with Gasteiger partial charge in [-0.1, -0.05) is 44.2 Å². The summed E-state index contributed by atoms with van der Waals surface area (Å²) in [6, 6.07) is 8.20. The average Bonchev–Trinajstić information content (AvgIpc) is 2.70. The van der Waals surface area contributed by atoms with Crippen LogP contribution in [-0.4, -0.2) is 34.7 Å². The van der Waals surface area contributed by atoms with E-state index in [1.807, 2.05) is 6.07 Å². The van der Waals surface area contributed by atoms with Crippen LogP contribution in [0.2, 0.25) is 0 Å². The van der Waals surface area contributed by atoms with Gasteiger partial charge in [0.2, 0.25) is 0 Å². The van der Waals surface area contributed by atoms with E-state index in [4.69, 9.17) is 0 Å². The number of imide groups is 1. The minimum atomic E-state index is -0.904. The molecular formula is C17H22N2O3. The number of rotatable bonds is 6. The third kappa shape index (κ3) is 3.35. The fourth-order valence-corrected chi connectivity index (χ4v) is 2.50. The first kappa shape index (κ1) is 16.2. The largest absolute Gasteiger partial charge is 0.325 e. The minimum absolute atomic E-state index is 0.216. The Morgan fingerprint density at radius 3 is 2.45 bits per heavy atom. The highest BCUT2D eigenvalue weighted by Gasteiger charge is 2.47. The standard InChI is InChI=1S/C17H22N2O3/c1-12(2)9-10-17(3)15(21)19(16(22)18-17)11-14(20)13-7-5-4-6-8-13/h4-8,12H,9-11H2,1-3H3,(H,18,22)/t17-/m1/s1. The number of nitrogens with one attached hydrogen (secondary N) is 1. The molecule has 22 heavy (non-hydrogen) atoms. The number of urea groups is 1. The molecule has 0 radical (unpaired) electrons. The molecule has 118 valence electrons. The topological polar surface area (TPSA) is 66.5 Å². The van der Waals surface area contributed by atoms with Crippen molar-refractivity contribution in [2.24, 2.45) is 5.92 Å². The Morgan fingerprint density at radius 1 is 1.23 bits per heavy atom. The van der Waals surface area contributed by atoms with Gasteiger partial charge in [0, 0.05) is 5.56 Å². The fourth-order valence-electron chi connectivity index (χ4n) is 2.50. The number of nitrogens with zero attached hydrogens (tertiary/aromatic N) is 1. The van der Waals surface area contributed by atoms with Gasteiger partial charge in [-0.15, -0.1) is 0 Å². The summed E-state index contributed by atoms with van der Waals surface area (Å²) in [6.45, 7) is 5.65. The van der Waals surface area contributed by atoms with Crippen LogP contribution in [0.5, 0.6) is 0 Å². The van der Waals surface area contributed by atoms with Crippen LogP contribution < -0.4 is 5.32 Å². The summed E-state index contributed by atoms with van der Waals surface area (Å²) in [5.41, 5.74) is -0.405. The van der Waals surface area contributed by atoms with E-state index in [1.54, 1.807) is 31.2 Å². The molecule has 2 rings (SSSR count). The van der Waals surface area contributed by atoms with Gasteiger partial charge >= 0.3 is 6.03 Å². The molecule has 1 aliphatic rings. The molecule has 0 aliphatic carbocycles. The molecule has 1 atom stereocenters. The third-order valence-electron chi connectivity index (χ3n) is 3.96. The van der Waals surface area contributed by atoms with E-state index in [9.17, 15) is 14.4 Å². The van der Waals surface area contributed by atoms with Crippen molar-refractivity contribution in [3.05, 3.63) is 35.9 Å². The number of carbonyl (C=O) groups is 3. The monoisotopic (exact) mass is 302 g/mol. The number of Topliss-reactive ketones (excluding diaryl/α,β-unsaturated/α-hetero) is 1. The second kappa shape index (κ2) is 6.30. The van der Waals surface area contributed by atoms with Crippen LogP contribution in [0.4, 0.5) is 4.79 Å². The molecule has 5 nitrogen and oxygen atoms in total. The van der Waals surface area contributed by atoms with Crippen molar-refractivity contribution in [3.8, 4) is 0 Å². The molecule has 1 heterocycles. The highest BCUT2D eigenvalue weighted by atomic mass is 16.2. The highest BCUT2D eigenvalue weighted by Crippen LogP contribution is 2.24. The average molecular weight is 302 g/mol. The first-order valence-corrected chi connectivity index (χ1v) is 7.56. The molecule has 0 saturated carbocycles. The van der Waals surface area contributed by atoms with Gasteiger partial charge in [0.05, 0.1) is 6.54 Å². The Morgan fingerprint density at radius 2 is 1.86 bits per heavy atom. The lowest BCUT2D eigenvalue weighted by Gasteiger charge is -2.22. The van der Waals surface area contributed by atoms with Gasteiger partial charge in [-0.2, -0.15) is 0 Å². The van der Waals surface area contributed by atoms with Crippen LogP contribution >= 0.6 is 0 Å². The summed E-state index contributed by atoms with van der Waals surface area (Å²) < 4.78 is 0. The lowest BCUT2D eigenvalue weighted by atomic mass is 9.92. The number of hydrogen-bond acceptors (Lipinski definition) is 3. The van der Waals surface area contributed by atoms with Gasteiger partial charge < -0.3 is 5.32 Å². The fraction of sp³-hybridized carbons (Fsp3) is 0.471. The van der Waals surface area contributed by atoms with Crippen LogP contribution in [0.3, 0.4) is 0 Å². The second-order valence-corrected chi connectivity index (χ2v) is 6.38. The van der Waals surface area contributed by atoms with E-state index in [-0.39, 0.29) is 18.2 Å². The number of benzene rings is 1. The number of amides is 3. The Kier molecular flexibility index (Phi) is 4.64. The SMILES string of the molecule is CC(C)CC[C@@]1(C)NC(=O)N(CC(=O)c2ccccc2)C1=O. The lowest BCUT2D eigenvalue weighted by molar-refractivity contribution is -0.130. The van der Waals surface area contributed by atoms with E-state index in [0.717, 1.165) is 11.3 Å². The van der Waals surface area contributed by atoms with Crippen LogP contribution in [-0.2, 0) is 4.79 Å². The van der Waals surface area contributed by atoms with E-state index in [2.05, 4.69) is 19.2 Å². The zero-order valence-corrected chi connectivity index (χ0v) is 13.3. The van der Waals surface area contributed by atoms with E-state index >= 15 is 0 Å². The van der Waals surface area contributed by atoms with Gasteiger partial charge in [-0.3, -0.25) is 14.5 Å². The smallest absolute Gasteiger partial charge is 0.323 e. The molecule has 5 heteroatoms. The Bertz CT molecular complexity index is 583. The Labute approximate surface area is 130 Å².